The Kier molecular flexibility index (Phi) is 9.31. The molecule has 2 rings (SSSR count). The lowest BCUT2D eigenvalue weighted by Gasteiger charge is -2.12. The summed E-state index contributed by atoms with van der Waals surface area (Å²) >= 11 is 6.05. The molecule has 3 N–H and O–H groups in total. The smallest absolute Gasteiger partial charge is 0.252 e. The molecule has 0 aliphatic carbocycles. The number of carbonyl (C=O) groups excluding carboxylic acids is 1. The Morgan fingerprint density at radius 2 is 1.86 bits per heavy atom. The van der Waals surface area contributed by atoms with Crippen LogP contribution in [-0.2, 0) is 6.42 Å². The lowest BCUT2D eigenvalue weighted by molar-refractivity contribution is 0.0954. The zero-order valence-corrected chi connectivity index (χ0v) is 18.0. The Balaban J connectivity index is 1.80. The zero-order valence-electron chi connectivity index (χ0n) is 17.2. The summed E-state index contributed by atoms with van der Waals surface area (Å²) in [5.41, 5.74) is 2.77. The quantitative estimate of drug-likeness (QED) is 0.333. The molecule has 0 atom stereocenters. The standard InChI is InChI=1S/C22H29ClN4O2/c1-4-24-22(26-12-11-17-10-9-16(2)20(15-17)29-3)27-14-13-25-21(28)18-7-5-6-8-19(18)23/h5-10,15H,4,11-14H2,1-3H3,(H,25,28)(H2,24,26,27). The first-order valence-corrected chi connectivity index (χ1v) is 10.1. The van der Waals surface area contributed by atoms with Gasteiger partial charge in [-0.1, -0.05) is 35.9 Å². The normalized spacial score (nSPS) is 11.1. The van der Waals surface area contributed by atoms with Gasteiger partial charge in [0.05, 0.1) is 17.7 Å². The van der Waals surface area contributed by atoms with Gasteiger partial charge in [-0.05, 0) is 49.6 Å². The largest absolute Gasteiger partial charge is 0.496 e. The van der Waals surface area contributed by atoms with Crippen molar-refractivity contribution in [1.29, 1.82) is 0 Å². The summed E-state index contributed by atoms with van der Waals surface area (Å²) in [6.45, 7) is 6.47. The van der Waals surface area contributed by atoms with E-state index in [1.807, 2.05) is 13.8 Å². The predicted octanol–water partition coefficient (Wildman–Crippen LogP) is 3.18. The van der Waals surface area contributed by atoms with Gasteiger partial charge in [-0.2, -0.15) is 0 Å². The van der Waals surface area contributed by atoms with Crippen LogP contribution in [0.15, 0.2) is 47.5 Å². The molecule has 0 heterocycles. The van der Waals surface area contributed by atoms with Crippen molar-refractivity contribution in [3.8, 4) is 5.75 Å². The molecular formula is C22H29ClN4O2. The molecule has 29 heavy (non-hydrogen) atoms. The van der Waals surface area contributed by atoms with E-state index in [4.69, 9.17) is 16.3 Å². The molecule has 2 aromatic rings. The van der Waals surface area contributed by atoms with Crippen molar-refractivity contribution < 1.29 is 9.53 Å². The second-order valence-corrected chi connectivity index (χ2v) is 6.88. The van der Waals surface area contributed by atoms with E-state index in [0.29, 0.717) is 30.2 Å². The van der Waals surface area contributed by atoms with Crippen molar-refractivity contribution in [2.75, 3.05) is 33.3 Å². The summed E-state index contributed by atoms with van der Waals surface area (Å²) in [7, 11) is 1.68. The second kappa shape index (κ2) is 12.0. The molecule has 0 saturated heterocycles. The molecule has 6 nitrogen and oxygen atoms in total. The van der Waals surface area contributed by atoms with E-state index in [2.05, 4.69) is 39.1 Å². The van der Waals surface area contributed by atoms with Gasteiger partial charge in [-0.3, -0.25) is 9.79 Å². The maximum Gasteiger partial charge on any atom is 0.252 e. The van der Waals surface area contributed by atoms with Crippen LogP contribution in [-0.4, -0.2) is 45.2 Å². The SMILES string of the molecule is CCNC(=NCCc1ccc(C)c(OC)c1)NCCNC(=O)c1ccccc1Cl. The van der Waals surface area contributed by atoms with Crippen LogP contribution in [0.2, 0.25) is 5.02 Å². The summed E-state index contributed by atoms with van der Waals surface area (Å²) in [6, 6.07) is 13.2. The molecule has 1 amide bonds. The maximum absolute atomic E-state index is 12.2. The van der Waals surface area contributed by atoms with Crippen LogP contribution in [0.5, 0.6) is 5.75 Å². The summed E-state index contributed by atoms with van der Waals surface area (Å²) in [4.78, 5) is 16.8. The highest BCUT2D eigenvalue weighted by Crippen LogP contribution is 2.19. The van der Waals surface area contributed by atoms with Gasteiger partial charge in [-0.15, -0.1) is 0 Å². The first-order valence-electron chi connectivity index (χ1n) is 9.73. The molecule has 0 aliphatic heterocycles. The highest BCUT2D eigenvalue weighted by Gasteiger charge is 2.08. The molecule has 156 valence electrons. The Morgan fingerprint density at radius 3 is 2.59 bits per heavy atom. The fourth-order valence-electron chi connectivity index (χ4n) is 2.76. The molecule has 0 bridgehead atoms. The minimum atomic E-state index is -0.187. The summed E-state index contributed by atoms with van der Waals surface area (Å²) < 4.78 is 5.37. The van der Waals surface area contributed by atoms with E-state index in [1.54, 1.807) is 31.4 Å². The minimum Gasteiger partial charge on any atom is -0.496 e. The summed E-state index contributed by atoms with van der Waals surface area (Å²) in [6.07, 6.45) is 0.816. The fourth-order valence-corrected chi connectivity index (χ4v) is 2.98. The van der Waals surface area contributed by atoms with Gasteiger partial charge < -0.3 is 20.7 Å². The van der Waals surface area contributed by atoms with E-state index >= 15 is 0 Å². The number of methoxy groups -OCH3 is 1. The maximum atomic E-state index is 12.2. The molecule has 0 aromatic heterocycles. The third-order valence-electron chi connectivity index (χ3n) is 4.31. The first kappa shape index (κ1) is 22.6. The van der Waals surface area contributed by atoms with E-state index in [0.717, 1.165) is 30.2 Å². The van der Waals surface area contributed by atoms with Crippen LogP contribution in [0.4, 0.5) is 0 Å². The van der Waals surface area contributed by atoms with Gasteiger partial charge in [0.1, 0.15) is 5.75 Å². The molecule has 0 aliphatic rings. The van der Waals surface area contributed by atoms with Crippen molar-refractivity contribution in [3.63, 3.8) is 0 Å². The Hall–Kier alpha value is -2.73. The number of hydrogen-bond acceptors (Lipinski definition) is 3. The monoisotopic (exact) mass is 416 g/mol. The number of rotatable bonds is 9. The topological polar surface area (TPSA) is 74.8 Å². The second-order valence-electron chi connectivity index (χ2n) is 6.48. The van der Waals surface area contributed by atoms with E-state index < -0.39 is 0 Å². The van der Waals surface area contributed by atoms with E-state index in [-0.39, 0.29) is 5.91 Å². The molecule has 0 fully saturated rings. The van der Waals surface area contributed by atoms with Crippen molar-refractivity contribution in [3.05, 3.63) is 64.2 Å². The van der Waals surface area contributed by atoms with E-state index in [1.165, 1.54) is 5.56 Å². The van der Waals surface area contributed by atoms with Crippen LogP contribution >= 0.6 is 11.6 Å². The average molecular weight is 417 g/mol. The van der Waals surface area contributed by atoms with Gasteiger partial charge in [0.25, 0.3) is 5.91 Å². The molecule has 2 aromatic carbocycles. The number of aliphatic imine (C=N–C) groups is 1. The summed E-state index contributed by atoms with van der Waals surface area (Å²) in [5.74, 6) is 1.43. The van der Waals surface area contributed by atoms with Crippen LogP contribution in [0, 0.1) is 6.92 Å². The Bertz CT molecular complexity index is 839. The number of benzene rings is 2. The molecule has 0 spiro atoms. The van der Waals surface area contributed by atoms with Gasteiger partial charge in [0.2, 0.25) is 0 Å². The number of guanidine groups is 1. The number of hydrogen-bond donors (Lipinski definition) is 3. The average Bonchev–Trinajstić information content (AvgIpc) is 2.72. The van der Waals surface area contributed by atoms with Crippen molar-refractivity contribution in [2.45, 2.75) is 20.3 Å². The van der Waals surface area contributed by atoms with Crippen LogP contribution in [0.3, 0.4) is 0 Å². The number of nitrogens with one attached hydrogen (secondary N) is 3. The third kappa shape index (κ3) is 7.31. The highest BCUT2D eigenvalue weighted by atomic mass is 35.5. The molecule has 0 saturated carbocycles. The number of amides is 1. The van der Waals surface area contributed by atoms with Gasteiger partial charge in [0.15, 0.2) is 5.96 Å². The van der Waals surface area contributed by atoms with Crippen molar-refractivity contribution >= 4 is 23.5 Å². The first-order chi connectivity index (χ1) is 14.0. The predicted molar refractivity (Wildman–Crippen MR) is 119 cm³/mol. The van der Waals surface area contributed by atoms with Crippen LogP contribution < -0.4 is 20.7 Å². The number of carbonyl (C=O) groups is 1. The summed E-state index contributed by atoms with van der Waals surface area (Å²) in [5, 5.41) is 9.74. The third-order valence-corrected chi connectivity index (χ3v) is 4.64. The Labute approximate surface area is 177 Å². The minimum absolute atomic E-state index is 0.187. The zero-order chi connectivity index (χ0) is 21.1. The lowest BCUT2D eigenvalue weighted by Crippen LogP contribution is -2.41. The molecule has 0 radical (unpaired) electrons. The number of ether oxygens (including phenoxy) is 1. The number of nitrogens with zero attached hydrogens (tertiary/aromatic N) is 1. The number of aryl methyl sites for hydroxylation is 1. The molecule has 0 unspecified atom stereocenters. The highest BCUT2D eigenvalue weighted by molar-refractivity contribution is 6.33. The van der Waals surface area contributed by atoms with Crippen molar-refractivity contribution in [1.82, 2.24) is 16.0 Å². The Morgan fingerprint density at radius 1 is 1.10 bits per heavy atom. The van der Waals surface area contributed by atoms with Crippen LogP contribution in [0.1, 0.15) is 28.4 Å². The van der Waals surface area contributed by atoms with Gasteiger partial charge in [0, 0.05) is 26.2 Å². The molecular weight excluding hydrogens is 388 g/mol. The number of halogens is 1. The van der Waals surface area contributed by atoms with Gasteiger partial charge in [-0.25, -0.2) is 0 Å². The van der Waals surface area contributed by atoms with Crippen molar-refractivity contribution in [2.24, 2.45) is 4.99 Å². The van der Waals surface area contributed by atoms with E-state index in [9.17, 15) is 4.79 Å². The fraction of sp³-hybridized carbons (Fsp3) is 0.364. The van der Waals surface area contributed by atoms with Gasteiger partial charge >= 0.3 is 0 Å². The molecule has 7 heteroatoms. The lowest BCUT2D eigenvalue weighted by atomic mass is 10.1. The van der Waals surface area contributed by atoms with Crippen LogP contribution in [0.25, 0.3) is 0 Å².